The normalized spacial score (nSPS) is 31.9. The first-order chi connectivity index (χ1) is 15.9. The van der Waals surface area contributed by atoms with E-state index >= 15 is 0 Å². The average Bonchev–Trinajstić information content (AvgIpc) is 2.89. The van der Waals surface area contributed by atoms with Gasteiger partial charge < -0.3 is 19.7 Å². The highest BCUT2D eigenvalue weighted by atomic mass is 16.6. The van der Waals surface area contributed by atoms with Crippen LogP contribution in [0.3, 0.4) is 0 Å². The van der Waals surface area contributed by atoms with E-state index in [0.717, 1.165) is 11.1 Å². The number of aromatic hydroxyl groups is 2. The molecule has 6 rings (SSSR count). The molecular weight excluding hydrogens is 432 g/mol. The van der Waals surface area contributed by atoms with Crippen LogP contribution in [0.15, 0.2) is 41.0 Å². The van der Waals surface area contributed by atoms with Crippen molar-refractivity contribution < 1.29 is 29.3 Å². The summed E-state index contributed by atoms with van der Waals surface area (Å²) in [6.45, 7) is 11.7. The smallest absolute Gasteiger partial charge is 0.200 e. The molecule has 2 heterocycles. The van der Waals surface area contributed by atoms with Crippen LogP contribution in [0.1, 0.15) is 70.3 Å². The molecule has 1 spiro atoms. The number of phenolic OH excluding ortho intramolecular Hbond substituents is 2. The minimum atomic E-state index is -1.35. The summed E-state index contributed by atoms with van der Waals surface area (Å²) in [4.78, 5) is 27.9. The first kappa shape index (κ1) is 22.9. The zero-order valence-electron chi connectivity index (χ0n) is 20.6. The number of allylic oxidation sites excluding steroid dienone is 4. The molecule has 2 N–H and O–H groups in total. The van der Waals surface area contributed by atoms with Gasteiger partial charge in [-0.15, -0.1) is 0 Å². The van der Waals surface area contributed by atoms with Gasteiger partial charge in [-0.1, -0.05) is 29.4 Å². The van der Waals surface area contributed by atoms with Crippen LogP contribution in [0.5, 0.6) is 17.2 Å². The molecule has 6 nitrogen and oxygen atoms in total. The molecule has 6 heteroatoms. The van der Waals surface area contributed by atoms with Crippen LogP contribution in [-0.2, 0) is 16.0 Å². The highest BCUT2D eigenvalue weighted by Gasteiger charge is 2.81. The van der Waals surface area contributed by atoms with Crippen LogP contribution in [-0.4, -0.2) is 38.6 Å². The number of rotatable bonds is 4. The number of phenols is 2. The Kier molecular flexibility index (Phi) is 4.77. The predicted octanol–water partition coefficient (Wildman–Crippen LogP) is 4.97. The Bertz CT molecular complexity index is 1220. The van der Waals surface area contributed by atoms with Crippen LogP contribution < -0.4 is 4.74 Å². The van der Waals surface area contributed by atoms with Gasteiger partial charge in [0.15, 0.2) is 22.8 Å². The Morgan fingerprint density at radius 2 is 1.76 bits per heavy atom. The monoisotopic (exact) mass is 464 g/mol. The van der Waals surface area contributed by atoms with Gasteiger partial charge >= 0.3 is 0 Å². The van der Waals surface area contributed by atoms with Crippen molar-refractivity contribution in [3.63, 3.8) is 0 Å². The molecule has 0 amide bonds. The van der Waals surface area contributed by atoms with Gasteiger partial charge in [0.1, 0.15) is 22.8 Å². The van der Waals surface area contributed by atoms with Crippen molar-refractivity contribution in [3.05, 3.63) is 52.1 Å². The fourth-order valence-electron chi connectivity index (χ4n) is 6.48. The maximum absolute atomic E-state index is 14.0. The van der Waals surface area contributed by atoms with Crippen molar-refractivity contribution in [2.75, 3.05) is 0 Å². The molecule has 0 aromatic heterocycles. The van der Waals surface area contributed by atoms with E-state index in [0.29, 0.717) is 30.4 Å². The summed E-state index contributed by atoms with van der Waals surface area (Å²) < 4.78 is 13.5. The minimum Gasteiger partial charge on any atom is -0.507 e. The van der Waals surface area contributed by atoms with E-state index in [1.54, 1.807) is 6.08 Å². The molecule has 180 valence electrons. The summed E-state index contributed by atoms with van der Waals surface area (Å²) in [6.07, 6.45) is 6.78. The molecule has 1 saturated heterocycles. The highest BCUT2D eigenvalue weighted by molar-refractivity contribution is 6.18. The van der Waals surface area contributed by atoms with E-state index in [1.165, 1.54) is 6.07 Å². The lowest BCUT2D eigenvalue weighted by atomic mass is 9.51. The predicted molar refractivity (Wildman–Crippen MR) is 127 cm³/mol. The molecule has 4 bridgehead atoms. The fourth-order valence-corrected chi connectivity index (χ4v) is 6.48. The molecule has 3 aliphatic carbocycles. The molecule has 0 radical (unpaired) electrons. The van der Waals surface area contributed by atoms with Gasteiger partial charge in [-0.3, -0.25) is 9.59 Å². The van der Waals surface area contributed by atoms with Crippen LogP contribution in [0.25, 0.3) is 0 Å². The molecule has 4 atom stereocenters. The lowest BCUT2D eigenvalue weighted by molar-refractivity contribution is -0.171. The fraction of sp³-hybridized carbons (Fsp3) is 0.500. The summed E-state index contributed by atoms with van der Waals surface area (Å²) in [5.74, 6) is -1.43. The zero-order chi connectivity index (χ0) is 24.8. The molecular formula is C28H32O6. The first-order valence-corrected chi connectivity index (χ1v) is 11.9. The van der Waals surface area contributed by atoms with Gasteiger partial charge in [0.25, 0.3) is 0 Å². The first-order valence-electron chi connectivity index (χ1n) is 11.9. The van der Waals surface area contributed by atoms with Crippen molar-refractivity contribution in [2.45, 2.75) is 77.6 Å². The Labute approximate surface area is 200 Å². The second-order valence-electron chi connectivity index (χ2n) is 11.1. The molecule has 5 aliphatic rings. The number of carbonyl (C=O) groups is 2. The van der Waals surface area contributed by atoms with Gasteiger partial charge in [0, 0.05) is 35.5 Å². The summed E-state index contributed by atoms with van der Waals surface area (Å²) in [5, 5.41) is 21.4. The quantitative estimate of drug-likeness (QED) is 0.611. The highest BCUT2D eigenvalue weighted by Crippen LogP contribution is 2.68. The lowest BCUT2D eigenvalue weighted by Gasteiger charge is -2.56. The van der Waals surface area contributed by atoms with E-state index in [2.05, 4.69) is 0 Å². The van der Waals surface area contributed by atoms with Crippen molar-refractivity contribution in [1.82, 2.24) is 0 Å². The number of hydrogen-bond acceptors (Lipinski definition) is 6. The summed E-state index contributed by atoms with van der Waals surface area (Å²) in [7, 11) is 0. The third-order valence-corrected chi connectivity index (χ3v) is 7.95. The topological polar surface area (TPSA) is 93.1 Å². The number of ketones is 2. The Morgan fingerprint density at radius 3 is 2.41 bits per heavy atom. The van der Waals surface area contributed by atoms with Crippen LogP contribution in [0.2, 0.25) is 0 Å². The maximum atomic E-state index is 14.0. The van der Waals surface area contributed by atoms with E-state index in [-0.39, 0.29) is 40.3 Å². The third kappa shape index (κ3) is 2.72. The number of carbonyl (C=O) groups excluding carboxylic acids is 2. The van der Waals surface area contributed by atoms with Crippen molar-refractivity contribution in [1.29, 1.82) is 0 Å². The van der Waals surface area contributed by atoms with Gasteiger partial charge in [0.2, 0.25) is 0 Å². The zero-order valence-corrected chi connectivity index (χ0v) is 20.6. The molecule has 2 fully saturated rings. The van der Waals surface area contributed by atoms with E-state index in [9.17, 15) is 19.8 Å². The standard InChI is InChI=1S/C28H32O6/c1-14(2)7-8-17-19(29)13-20(30)22-23(31)18-11-16-12-21-26(5,6)34-27(25(16)32,10-9-15(3)4)28(18,21)33-24(17)22/h7,9,11,13,16,21,29-30H,8,10,12H2,1-6H3/t16?,21?,27-,28+/m1/s1. The number of benzene rings is 1. The van der Waals surface area contributed by atoms with Gasteiger partial charge in [-0.05, 0) is 54.4 Å². The molecule has 1 saturated carbocycles. The van der Waals surface area contributed by atoms with Crippen molar-refractivity contribution >= 4 is 11.6 Å². The summed E-state index contributed by atoms with van der Waals surface area (Å²) in [6, 6.07) is 1.20. The average molecular weight is 465 g/mol. The van der Waals surface area contributed by atoms with Gasteiger partial charge in [-0.25, -0.2) is 0 Å². The van der Waals surface area contributed by atoms with Crippen LogP contribution >= 0.6 is 0 Å². The molecule has 2 unspecified atom stereocenters. The second-order valence-corrected chi connectivity index (χ2v) is 11.1. The minimum absolute atomic E-state index is 0.0430. The number of Topliss-reactive ketones (excluding diaryl/α,β-unsaturated/α-hetero) is 2. The lowest BCUT2D eigenvalue weighted by Crippen LogP contribution is -2.72. The van der Waals surface area contributed by atoms with E-state index in [4.69, 9.17) is 9.47 Å². The number of hydrogen-bond donors (Lipinski definition) is 2. The molecule has 2 aliphatic heterocycles. The van der Waals surface area contributed by atoms with E-state index in [1.807, 2.05) is 53.7 Å². The number of ether oxygens (including phenoxy) is 2. The second kappa shape index (κ2) is 7.08. The Morgan fingerprint density at radius 1 is 1.09 bits per heavy atom. The molecule has 1 aromatic carbocycles. The SMILES string of the molecule is CC(C)=CCc1c(O)cc(O)c2c1O[C@@]13C(=CC4CC1C(C)(C)O[C@]3(CC=C(C)C)C4=O)C2=O. The van der Waals surface area contributed by atoms with Crippen molar-refractivity contribution in [3.8, 4) is 17.2 Å². The van der Waals surface area contributed by atoms with Gasteiger partial charge in [0.05, 0.1) is 5.60 Å². The number of fused-ring (bicyclic) bond motifs is 1. The molecule has 1 aromatic rings. The maximum Gasteiger partial charge on any atom is 0.200 e. The Hall–Kier alpha value is -2.86. The molecule has 34 heavy (non-hydrogen) atoms. The summed E-state index contributed by atoms with van der Waals surface area (Å²) in [5.41, 5.74) is -0.450. The third-order valence-electron chi connectivity index (χ3n) is 7.95. The Balaban J connectivity index is 1.81. The largest absolute Gasteiger partial charge is 0.507 e. The van der Waals surface area contributed by atoms with Crippen molar-refractivity contribution in [2.24, 2.45) is 11.8 Å². The van der Waals surface area contributed by atoms with Gasteiger partial charge in [-0.2, -0.15) is 0 Å². The summed E-state index contributed by atoms with van der Waals surface area (Å²) >= 11 is 0. The van der Waals surface area contributed by atoms with Crippen LogP contribution in [0.4, 0.5) is 0 Å². The van der Waals surface area contributed by atoms with Crippen LogP contribution in [0, 0.1) is 11.8 Å². The van der Waals surface area contributed by atoms with E-state index < -0.39 is 22.7 Å².